The van der Waals surface area contributed by atoms with Crippen LogP contribution in [0.2, 0.25) is 0 Å². The van der Waals surface area contributed by atoms with Crippen molar-refractivity contribution in [2.45, 2.75) is 0 Å². The van der Waals surface area contributed by atoms with Crippen LogP contribution < -0.4 is 0 Å². The minimum atomic E-state index is -0.00215. The van der Waals surface area contributed by atoms with Crippen LogP contribution in [-0.2, 0) is 4.79 Å². The van der Waals surface area contributed by atoms with Crippen LogP contribution in [0.5, 0.6) is 0 Å². The normalized spacial score (nSPS) is 13.7. The summed E-state index contributed by atoms with van der Waals surface area (Å²) < 4.78 is 0. The number of terminal acetylenes is 1. The van der Waals surface area contributed by atoms with Crippen LogP contribution in [0.1, 0.15) is 27.8 Å². The predicted molar refractivity (Wildman–Crippen MR) is 116 cm³/mol. The first-order valence-corrected chi connectivity index (χ1v) is 9.12. The highest BCUT2D eigenvalue weighted by Crippen LogP contribution is 2.29. The molecule has 0 amide bonds. The van der Waals surface area contributed by atoms with E-state index in [9.17, 15) is 4.79 Å². The van der Waals surface area contributed by atoms with Gasteiger partial charge in [0, 0.05) is 11.1 Å². The molecule has 1 nitrogen and oxygen atoms in total. The molecule has 0 unspecified atom stereocenters. The zero-order valence-electron chi connectivity index (χ0n) is 15.3. The lowest BCUT2D eigenvalue weighted by Gasteiger charge is -2.14. The molecule has 3 aromatic rings. The maximum Gasteiger partial charge on any atom is 0.186 e. The van der Waals surface area contributed by atoms with Gasteiger partial charge in [-0.25, -0.2) is 0 Å². The van der Waals surface area contributed by atoms with Crippen molar-refractivity contribution in [2.24, 2.45) is 0 Å². The van der Waals surface area contributed by atoms with E-state index in [4.69, 9.17) is 6.42 Å². The molecular formula is C27H18O. The summed E-state index contributed by atoms with van der Waals surface area (Å²) in [6, 6.07) is 26.1. The van der Waals surface area contributed by atoms with Gasteiger partial charge in [-0.15, -0.1) is 6.42 Å². The fraction of sp³-hybridized carbons (Fsp3) is 0. The highest BCUT2D eigenvalue weighted by atomic mass is 16.1. The lowest BCUT2D eigenvalue weighted by atomic mass is 9.89. The van der Waals surface area contributed by atoms with E-state index in [0.29, 0.717) is 5.57 Å². The molecule has 0 heterocycles. The summed E-state index contributed by atoms with van der Waals surface area (Å²) in [5, 5.41) is 0. The highest BCUT2D eigenvalue weighted by molar-refractivity contribution is 6.30. The van der Waals surface area contributed by atoms with Gasteiger partial charge in [-0.2, -0.15) is 0 Å². The van der Waals surface area contributed by atoms with Crippen molar-refractivity contribution in [1.82, 2.24) is 0 Å². The first-order valence-electron chi connectivity index (χ1n) is 9.12. The van der Waals surface area contributed by atoms with E-state index in [0.717, 1.165) is 33.4 Å². The summed E-state index contributed by atoms with van der Waals surface area (Å²) >= 11 is 0. The Morgan fingerprint density at radius 2 is 1.46 bits per heavy atom. The molecule has 132 valence electrons. The van der Waals surface area contributed by atoms with Gasteiger partial charge in [-0.3, -0.25) is 4.79 Å². The molecule has 0 bridgehead atoms. The maximum atomic E-state index is 12.6. The van der Waals surface area contributed by atoms with E-state index < -0.39 is 0 Å². The van der Waals surface area contributed by atoms with Crippen molar-refractivity contribution in [2.75, 3.05) is 0 Å². The monoisotopic (exact) mass is 358 g/mol. The molecule has 0 N–H and O–H groups in total. The number of rotatable bonds is 3. The lowest BCUT2D eigenvalue weighted by molar-refractivity contribution is -0.109. The number of ketones is 1. The van der Waals surface area contributed by atoms with Crippen LogP contribution >= 0.6 is 0 Å². The molecule has 0 aliphatic heterocycles. The van der Waals surface area contributed by atoms with Gasteiger partial charge in [0.15, 0.2) is 5.78 Å². The molecule has 1 aliphatic rings. The summed E-state index contributed by atoms with van der Waals surface area (Å²) in [6.45, 7) is 0. The van der Waals surface area contributed by atoms with E-state index in [1.807, 2.05) is 72.8 Å². The minimum Gasteiger partial charge on any atom is -0.289 e. The van der Waals surface area contributed by atoms with E-state index >= 15 is 0 Å². The van der Waals surface area contributed by atoms with Crippen LogP contribution in [-0.4, -0.2) is 5.78 Å². The van der Waals surface area contributed by atoms with Crippen molar-refractivity contribution < 1.29 is 4.79 Å². The molecular weight excluding hydrogens is 340 g/mol. The fourth-order valence-electron chi connectivity index (χ4n) is 3.36. The van der Waals surface area contributed by atoms with Gasteiger partial charge in [0.05, 0.1) is 0 Å². The molecule has 1 heteroatoms. The van der Waals surface area contributed by atoms with Crippen molar-refractivity contribution in [3.63, 3.8) is 0 Å². The highest BCUT2D eigenvalue weighted by Gasteiger charge is 2.17. The smallest absolute Gasteiger partial charge is 0.186 e. The standard InChI is InChI=1S/C27H18O/c1-2-20-13-15-25-23(19-20)14-18-27(28)26(25)17-16-24(21-9-5-3-6-10-21)22-11-7-4-8-12-22/h1,3-19H/b26-17-. The van der Waals surface area contributed by atoms with Crippen molar-refractivity contribution in [3.05, 3.63) is 125 Å². The number of carbonyl (C=O) groups excluding carboxylic acids is 1. The quantitative estimate of drug-likeness (QED) is 0.428. The summed E-state index contributed by atoms with van der Waals surface area (Å²) in [7, 11) is 0. The lowest BCUT2D eigenvalue weighted by Crippen LogP contribution is -2.04. The number of hydrogen-bond acceptors (Lipinski definition) is 1. The average molecular weight is 358 g/mol. The Morgan fingerprint density at radius 3 is 2.07 bits per heavy atom. The Balaban J connectivity index is 1.84. The molecule has 28 heavy (non-hydrogen) atoms. The van der Waals surface area contributed by atoms with Crippen LogP contribution in [0, 0.1) is 12.3 Å². The Bertz CT molecular complexity index is 1110. The first-order chi connectivity index (χ1) is 13.8. The third-order valence-corrected chi connectivity index (χ3v) is 4.77. The number of fused-ring (bicyclic) bond motifs is 1. The molecule has 0 radical (unpaired) electrons. The molecule has 0 atom stereocenters. The summed E-state index contributed by atoms with van der Waals surface area (Å²) in [5.74, 6) is 2.64. The van der Waals surface area contributed by atoms with Crippen molar-refractivity contribution in [1.29, 1.82) is 0 Å². The molecule has 0 saturated carbocycles. The van der Waals surface area contributed by atoms with Gasteiger partial charge in [0.25, 0.3) is 0 Å². The topological polar surface area (TPSA) is 17.1 Å². The van der Waals surface area contributed by atoms with Crippen LogP contribution in [0.15, 0.2) is 97.1 Å². The second-order valence-corrected chi connectivity index (χ2v) is 6.54. The van der Waals surface area contributed by atoms with E-state index in [1.54, 1.807) is 6.08 Å². The second kappa shape index (κ2) is 7.78. The molecule has 0 aromatic heterocycles. The van der Waals surface area contributed by atoms with Crippen LogP contribution in [0.3, 0.4) is 0 Å². The van der Waals surface area contributed by atoms with Crippen molar-refractivity contribution in [3.8, 4) is 12.3 Å². The SMILES string of the molecule is C#Cc1ccc2c(c1)C=CC(=O)/C2=C\C=C(c1ccccc1)c1ccccc1. The largest absolute Gasteiger partial charge is 0.289 e. The van der Waals surface area contributed by atoms with E-state index in [1.165, 1.54) is 0 Å². The van der Waals surface area contributed by atoms with Crippen molar-refractivity contribution >= 4 is 23.0 Å². The zero-order chi connectivity index (χ0) is 19.3. The minimum absolute atomic E-state index is 0.00215. The van der Waals surface area contributed by atoms with Gasteiger partial charge in [0.1, 0.15) is 0 Å². The Labute approximate surface area is 165 Å². The predicted octanol–water partition coefficient (Wildman–Crippen LogP) is 5.78. The fourth-order valence-corrected chi connectivity index (χ4v) is 3.36. The summed E-state index contributed by atoms with van der Waals surface area (Å²) in [5.41, 5.74) is 6.63. The number of carbonyl (C=O) groups is 1. The first kappa shape index (κ1) is 17.5. The molecule has 1 aliphatic carbocycles. The van der Waals surface area contributed by atoms with Gasteiger partial charge < -0.3 is 0 Å². The number of benzene rings is 3. The third kappa shape index (κ3) is 3.49. The molecule has 0 spiro atoms. The number of hydrogen-bond donors (Lipinski definition) is 0. The Kier molecular flexibility index (Phi) is 4.87. The second-order valence-electron chi connectivity index (χ2n) is 6.54. The molecule has 4 rings (SSSR count). The van der Waals surface area contributed by atoms with E-state index in [-0.39, 0.29) is 5.78 Å². The van der Waals surface area contributed by atoms with Gasteiger partial charge in [0.2, 0.25) is 0 Å². The van der Waals surface area contributed by atoms with Crippen LogP contribution in [0.4, 0.5) is 0 Å². The Hall–Kier alpha value is -3.89. The zero-order valence-corrected chi connectivity index (χ0v) is 15.3. The molecule has 0 saturated heterocycles. The summed E-state index contributed by atoms with van der Waals surface area (Å²) in [4.78, 5) is 12.6. The van der Waals surface area contributed by atoms with Crippen LogP contribution in [0.25, 0.3) is 17.2 Å². The molecule has 0 fully saturated rings. The Morgan fingerprint density at radius 1 is 0.821 bits per heavy atom. The molecule has 3 aromatic carbocycles. The average Bonchev–Trinajstić information content (AvgIpc) is 2.76. The van der Waals surface area contributed by atoms with Gasteiger partial charge in [-0.05, 0) is 52.1 Å². The maximum absolute atomic E-state index is 12.6. The van der Waals surface area contributed by atoms with E-state index in [2.05, 4.69) is 30.2 Å². The summed E-state index contributed by atoms with van der Waals surface area (Å²) in [6.07, 6.45) is 12.9. The number of allylic oxidation sites excluding steroid dienone is 4. The van der Waals surface area contributed by atoms with Gasteiger partial charge in [-0.1, -0.05) is 84.8 Å². The van der Waals surface area contributed by atoms with Gasteiger partial charge >= 0.3 is 0 Å². The third-order valence-electron chi connectivity index (χ3n) is 4.77.